The van der Waals surface area contributed by atoms with Crippen LogP contribution in [0.25, 0.3) is 22.3 Å². The van der Waals surface area contributed by atoms with Gasteiger partial charge < -0.3 is 10.6 Å². The minimum Gasteiger partial charge on any atom is -0.334 e. The molecule has 4 rings (SSSR count). The van der Waals surface area contributed by atoms with Gasteiger partial charge in [-0.15, -0.1) is 0 Å². The van der Waals surface area contributed by atoms with Crippen LogP contribution in [0.15, 0.2) is 42.6 Å². The van der Waals surface area contributed by atoms with Gasteiger partial charge >= 0.3 is 0 Å². The summed E-state index contributed by atoms with van der Waals surface area (Å²) in [6.45, 7) is 6.88. The average molecular weight is 392 g/mol. The molecule has 152 valence electrons. The number of nitrogens with zero attached hydrogens (tertiary/aromatic N) is 4. The second-order valence-corrected chi connectivity index (χ2v) is 8.26. The van der Waals surface area contributed by atoms with Crippen molar-refractivity contribution in [2.45, 2.75) is 58.2 Å². The summed E-state index contributed by atoms with van der Waals surface area (Å²) in [5, 5.41) is 5.33. The molecule has 0 saturated carbocycles. The lowest BCUT2D eigenvalue weighted by Crippen LogP contribution is -2.51. The van der Waals surface area contributed by atoms with E-state index in [1.165, 1.54) is 0 Å². The first-order valence-corrected chi connectivity index (χ1v) is 10.5. The van der Waals surface area contributed by atoms with Gasteiger partial charge in [0.05, 0.1) is 22.8 Å². The van der Waals surface area contributed by atoms with Crippen LogP contribution in [0.2, 0.25) is 0 Å². The molecule has 3 aromatic rings. The van der Waals surface area contributed by atoms with E-state index < -0.39 is 0 Å². The molecule has 2 aromatic heterocycles. The van der Waals surface area contributed by atoms with Gasteiger partial charge in [0.15, 0.2) is 5.65 Å². The second kappa shape index (κ2) is 7.95. The Morgan fingerprint density at radius 3 is 2.62 bits per heavy atom. The fourth-order valence-corrected chi connectivity index (χ4v) is 4.24. The molecule has 6 heteroatoms. The zero-order valence-corrected chi connectivity index (χ0v) is 17.4. The lowest BCUT2D eigenvalue weighted by atomic mass is 9.95. The molecule has 1 fully saturated rings. The summed E-state index contributed by atoms with van der Waals surface area (Å²) in [5.74, 6) is 0.0277. The number of aromatic nitrogens is 3. The van der Waals surface area contributed by atoms with Crippen LogP contribution in [-0.4, -0.2) is 44.2 Å². The van der Waals surface area contributed by atoms with Gasteiger partial charge in [-0.2, -0.15) is 5.10 Å². The molecule has 2 N–H and O–H groups in total. The van der Waals surface area contributed by atoms with Crippen LogP contribution < -0.4 is 5.73 Å². The summed E-state index contributed by atoms with van der Waals surface area (Å²) in [6, 6.07) is 12.1. The number of benzene rings is 1. The standard InChI is InChI=1S/C23H29N5O/c1-15(2)28-22-19(14-25-28)18(13-20(26-22)17-9-5-4-6-10-17)23(29)27-12-8-7-11-21(27)16(3)24/h4-6,9-10,13-16,21H,7-8,11-12,24H2,1-3H3. The third-order valence-corrected chi connectivity index (χ3v) is 5.77. The topological polar surface area (TPSA) is 77.0 Å². The van der Waals surface area contributed by atoms with Crippen LogP contribution in [0.3, 0.4) is 0 Å². The summed E-state index contributed by atoms with van der Waals surface area (Å²) >= 11 is 0. The number of nitrogens with two attached hydrogens (primary N) is 1. The molecule has 6 nitrogen and oxygen atoms in total. The van der Waals surface area contributed by atoms with Crippen LogP contribution in [0.5, 0.6) is 0 Å². The smallest absolute Gasteiger partial charge is 0.255 e. The quantitative estimate of drug-likeness (QED) is 0.729. The summed E-state index contributed by atoms with van der Waals surface area (Å²) < 4.78 is 1.89. The molecule has 0 radical (unpaired) electrons. The highest BCUT2D eigenvalue weighted by Gasteiger charge is 2.31. The number of rotatable bonds is 4. The summed E-state index contributed by atoms with van der Waals surface area (Å²) in [4.78, 5) is 20.5. The molecule has 0 bridgehead atoms. The van der Waals surface area contributed by atoms with E-state index in [2.05, 4.69) is 18.9 Å². The SMILES string of the molecule is CC(N)C1CCCCN1C(=O)c1cc(-c2ccccc2)nc2c1cnn2C(C)C. The predicted molar refractivity (Wildman–Crippen MR) is 116 cm³/mol. The van der Waals surface area contributed by atoms with Gasteiger partial charge in [0.25, 0.3) is 5.91 Å². The minimum atomic E-state index is -0.0523. The molecular formula is C23H29N5O. The molecule has 2 unspecified atom stereocenters. The monoisotopic (exact) mass is 391 g/mol. The largest absolute Gasteiger partial charge is 0.334 e. The Kier molecular flexibility index (Phi) is 5.37. The van der Waals surface area contributed by atoms with E-state index in [-0.39, 0.29) is 24.0 Å². The third-order valence-electron chi connectivity index (χ3n) is 5.77. The van der Waals surface area contributed by atoms with Gasteiger partial charge in [-0.05, 0) is 46.1 Å². The molecule has 29 heavy (non-hydrogen) atoms. The van der Waals surface area contributed by atoms with E-state index in [9.17, 15) is 4.79 Å². The van der Waals surface area contributed by atoms with E-state index in [0.29, 0.717) is 5.56 Å². The summed E-state index contributed by atoms with van der Waals surface area (Å²) in [7, 11) is 0. The van der Waals surface area contributed by atoms with Crippen molar-refractivity contribution in [3.8, 4) is 11.3 Å². The third kappa shape index (κ3) is 3.65. The van der Waals surface area contributed by atoms with Crippen molar-refractivity contribution in [1.82, 2.24) is 19.7 Å². The Balaban J connectivity index is 1.87. The van der Waals surface area contributed by atoms with Crippen LogP contribution >= 0.6 is 0 Å². The number of likely N-dealkylation sites (tertiary alicyclic amines) is 1. The molecule has 3 heterocycles. The lowest BCUT2D eigenvalue weighted by Gasteiger charge is -2.38. The first-order chi connectivity index (χ1) is 14.0. The van der Waals surface area contributed by atoms with Crippen LogP contribution in [-0.2, 0) is 0 Å². The second-order valence-electron chi connectivity index (χ2n) is 8.26. The van der Waals surface area contributed by atoms with Crippen molar-refractivity contribution in [2.24, 2.45) is 5.73 Å². The Morgan fingerprint density at radius 2 is 1.93 bits per heavy atom. The van der Waals surface area contributed by atoms with E-state index in [4.69, 9.17) is 10.7 Å². The van der Waals surface area contributed by atoms with Gasteiger partial charge in [-0.25, -0.2) is 9.67 Å². The maximum Gasteiger partial charge on any atom is 0.255 e. The van der Waals surface area contributed by atoms with Crippen molar-refractivity contribution in [3.63, 3.8) is 0 Å². The zero-order chi connectivity index (χ0) is 20.5. The fourth-order valence-electron chi connectivity index (χ4n) is 4.24. The van der Waals surface area contributed by atoms with Crippen LogP contribution in [0, 0.1) is 0 Å². The average Bonchev–Trinajstić information content (AvgIpc) is 3.17. The first kappa shape index (κ1) is 19.6. The highest BCUT2D eigenvalue weighted by molar-refractivity contribution is 6.06. The van der Waals surface area contributed by atoms with Crippen molar-refractivity contribution >= 4 is 16.9 Å². The lowest BCUT2D eigenvalue weighted by molar-refractivity contribution is 0.0586. The molecule has 1 aliphatic heterocycles. The molecule has 1 aromatic carbocycles. The number of carbonyl (C=O) groups is 1. The van der Waals surface area contributed by atoms with E-state index >= 15 is 0 Å². The normalized spacial score (nSPS) is 18.4. The van der Waals surface area contributed by atoms with Crippen molar-refractivity contribution in [3.05, 3.63) is 48.2 Å². The molecule has 0 aliphatic carbocycles. The van der Waals surface area contributed by atoms with Crippen molar-refractivity contribution in [1.29, 1.82) is 0 Å². The van der Waals surface area contributed by atoms with Crippen molar-refractivity contribution < 1.29 is 4.79 Å². The Hall–Kier alpha value is -2.73. The summed E-state index contributed by atoms with van der Waals surface area (Å²) in [5.41, 5.74) is 9.42. The number of hydrogen-bond donors (Lipinski definition) is 1. The van der Waals surface area contributed by atoms with Crippen LogP contribution in [0.1, 0.15) is 56.4 Å². The Morgan fingerprint density at radius 1 is 1.17 bits per heavy atom. The molecule has 1 amide bonds. The van der Waals surface area contributed by atoms with Gasteiger partial charge in [0.1, 0.15) is 0 Å². The molecule has 2 atom stereocenters. The number of hydrogen-bond acceptors (Lipinski definition) is 4. The molecule has 1 aliphatic rings. The van der Waals surface area contributed by atoms with E-state index in [1.807, 2.05) is 52.9 Å². The van der Waals surface area contributed by atoms with Gasteiger partial charge in [0.2, 0.25) is 0 Å². The number of carbonyl (C=O) groups excluding carboxylic acids is 1. The number of amides is 1. The summed E-state index contributed by atoms with van der Waals surface area (Å²) in [6.07, 6.45) is 4.85. The Bertz CT molecular complexity index is 1010. The Labute approximate surface area is 171 Å². The highest BCUT2D eigenvalue weighted by atomic mass is 16.2. The maximum atomic E-state index is 13.7. The molecule has 1 saturated heterocycles. The number of piperidine rings is 1. The highest BCUT2D eigenvalue weighted by Crippen LogP contribution is 2.29. The molecule has 0 spiro atoms. The van der Waals surface area contributed by atoms with E-state index in [1.54, 1.807) is 6.20 Å². The first-order valence-electron chi connectivity index (χ1n) is 10.5. The fraction of sp³-hybridized carbons (Fsp3) is 0.435. The van der Waals surface area contributed by atoms with Crippen LogP contribution in [0.4, 0.5) is 0 Å². The van der Waals surface area contributed by atoms with E-state index in [0.717, 1.165) is 48.1 Å². The minimum absolute atomic E-state index is 0.0277. The van der Waals surface area contributed by atoms with Crippen molar-refractivity contribution in [2.75, 3.05) is 6.54 Å². The van der Waals surface area contributed by atoms with Gasteiger partial charge in [-0.3, -0.25) is 4.79 Å². The number of fused-ring (bicyclic) bond motifs is 1. The zero-order valence-electron chi connectivity index (χ0n) is 17.4. The van der Waals surface area contributed by atoms with Gasteiger partial charge in [0, 0.05) is 30.2 Å². The number of pyridine rings is 1. The predicted octanol–water partition coefficient (Wildman–Crippen LogP) is 4.02. The molecular weight excluding hydrogens is 362 g/mol. The maximum absolute atomic E-state index is 13.7. The van der Waals surface area contributed by atoms with Gasteiger partial charge in [-0.1, -0.05) is 30.3 Å².